The summed E-state index contributed by atoms with van der Waals surface area (Å²) in [6, 6.07) is -0.444. The predicted molar refractivity (Wildman–Crippen MR) is 71.0 cm³/mol. The molecule has 1 aliphatic carbocycles. The Labute approximate surface area is 113 Å². The van der Waals surface area contributed by atoms with Crippen LogP contribution in [0.5, 0.6) is 0 Å². The molecule has 3 N–H and O–H groups in total. The minimum Gasteiger partial charge on any atom is -0.480 e. The second-order valence-electron chi connectivity index (χ2n) is 5.45. The molecule has 0 radical (unpaired) electrons. The van der Waals surface area contributed by atoms with Gasteiger partial charge in [-0.1, -0.05) is 6.92 Å². The zero-order chi connectivity index (χ0) is 14.5. The minimum absolute atomic E-state index is 0.0992. The Kier molecular flexibility index (Phi) is 5.60. The number of rotatable bonds is 5. The number of hydrogen-bond donors (Lipinski definition) is 3. The fourth-order valence-corrected chi connectivity index (χ4v) is 2.23. The van der Waals surface area contributed by atoms with Crippen LogP contribution in [-0.2, 0) is 9.53 Å². The van der Waals surface area contributed by atoms with Gasteiger partial charge in [0.25, 0.3) is 0 Å². The molecule has 6 nitrogen and oxygen atoms in total. The first-order valence-electron chi connectivity index (χ1n) is 6.72. The number of carboxylic acids is 1. The van der Waals surface area contributed by atoms with Gasteiger partial charge in [0.2, 0.25) is 0 Å². The van der Waals surface area contributed by atoms with E-state index in [0.717, 1.165) is 12.8 Å². The summed E-state index contributed by atoms with van der Waals surface area (Å²) >= 11 is 0. The average Bonchev–Trinajstić information content (AvgIpc) is 2.38. The molecule has 6 heteroatoms. The van der Waals surface area contributed by atoms with Crippen LogP contribution in [0.3, 0.4) is 0 Å². The van der Waals surface area contributed by atoms with Crippen molar-refractivity contribution in [1.29, 1.82) is 0 Å². The molecule has 1 fully saturated rings. The van der Waals surface area contributed by atoms with Crippen molar-refractivity contribution in [3.05, 3.63) is 0 Å². The number of aliphatic carboxylic acids is 1. The summed E-state index contributed by atoms with van der Waals surface area (Å²) < 4.78 is 5.02. The van der Waals surface area contributed by atoms with Crippen molar-refractivity contribution in [2.75, 3.05) is 13.7 Å². The van der Waals surface area contributed by atoms with E-state index in [0.29, 0.717) is 25.3 Å². The van der Waals surface area contributed by atoms with Gasteiger partial charge in [-0.2, -0.15) is 0 Å². The van der Waals surface area contributed by atoms with E-state index in [9.17, 15) is 14.7 Å². The van der Waals surface area contributed by atoms with E-state index in [2.05, 4.69) is 17.6 Å². The van der Waals surface area contributed by atoms with Gasteiger partial charge in [0.15, 0.2) is 0 Å². The van der Waals surface area contributed by atoms with Crippen molar-refractivity contribution < 1.29 is 19.4 Å². The molecule has 1 aliphatic rings. The molecule has 2 amide bonds. The molecule has 19 heavy (non-hydrogen) atoms. The third kappa shape index (κ3) is 4.38. The van der Waals surface area contributed by atoms with Gasteiger partial charge >= 0.3 is 12.0 Å². The standard InChI is InChI=1S/C13H24N2O4/c1-9-4-6-13(7-5-9,11(16)17)15-12(18)14-8-10(2)19-3/h9-10H,4-8H2,1-3H3,(H,16,17)(H2,14,15,18). The van der Waals surface area contributed by atoms with Crippen LogP contribution in [0.15, 0.2) is 0 Å². The first-order valence-corrected chi connectivity index (χ1v) is 6.72. The van der Waals surface area contributed by atoms with Crippen molar-refractivity contribution >= 4 is 12.0 Å². The normalized spacial score (nSPS) is 28.5. The minimum atomic E-state index is -1.12. The van der Waals surface area contributed by atoms with E-state index in [-0.39, 0.29) is 6.10 Å². The fraction of sp³-hybridized carbons (Fsp3) is 0.846. The molecule has 0 heterocycles. The third-order valence-corrected chi connectivity index (χ3v) is 3.84. The summed E-state index contributed by atoms with van der Waals surface area (Å²) in [4.78, 5) is 23.2. The summed E-state index contributed by atoms with van der Waals surface area (Å²) in [5.74, 6) is -0.430. The van der Waals surface area contributed by atoms with E-state index < -0.39 is 17.5 Å². The van der Waals surface area contributed by atoms with Gasteiger partial charge in [0, 0.05) is 13.7 Å². The summed E-state index contributed by atoms with van der Waals surface area (Å²) in [6.45, 7) is 4.29. The Morgan fingerprint density at radius 2 is 2.00 bits per heavy atom. The summed E-state index contributed by atoms with van der Waals surface area (Å²) in [5, 5.41) is 14.6. The molecule has 1 unspecified atom stereocenters. The maximum absolute atomic E-state index is 11.8. The first kappa shape index (κ1) is 15.8. The van der Waals surface area contributed by atoms with Crippen LogP contribution in [-0.4, -0.2) is 42.4 Å². The van der Waals surface area contributed by atoms with E-state index in [4.69, 9.17) is 4.74 Å². The smallest absolute Gasteiger partial charge is 0.329 e. The Bertz CT molecular complexity index is 325. The zero-order valence-corrected chi connectivity index (χ0v) is 11.9. The molecule has 0 saturated heterocycles. The van der Waals surface area contributed by atoms with E-state index in [1.807, 2.05) is 6.92 Å². The number of ether oxygens (including phenoxy) is 1. The van der Waals surface area contributed by atoms with Crippen molar-refractivity contribution in [3.63, 3.8) is 0 Å². The van der Waals surface area contributed by atoms with Gasteiger partial charge < -0.3 is 20.5 Å². The molecule has 1 atom stereocenters. The lowest BCUT2D eigenvalue weighted by Gasteiger charge is -2.36. The van der Waals surface area contributed by atoms with Crippen molar-refractivity contribution in [2.45, 2.75) is 51.2 Å². The number of hydrogen-bond acceptors (Lipinski definition) is 3. The lowest BCUT2D eigenvalue weighted by atomic mass is 9.77. The van der Waals surface area contributed by atoms with Crippen LogP contribution in [0.1, 0.15) is 39.5 Å². The number of carbonyl (C=O) groups is 2. The number of methoxy groups -OCH3 is 1. The van der Waals surface area contributed by atoms with Crippen LogP contribution in [0.25, 0.3) is 0 Å². The van der Waals surface area contributed by atoms with Gasteiger partial charge in [-0.05, 0) is 38.5 Å². The summed E-state index contributed by atoms with van der Waals surface area (Å²) in [7, 11) is 1.56. The van der Waals surface area contributed by atoms with Gasteiger partial charge in [0.05, 0.1) is 6.10 Å². The number of carbonyl (C=O) groups excluding carboxylic acids is 1. The third-order valence-electron chi connectivity index (χ3n) is 3.84. The Morgan fingerprint density at radius 3 is 2.47 bits per heavy atom. The largest absolute Gasteiger partial charge is 0.480 e. The number of amides is 2. The number of nitrogens with one attached hydrogen (secondary N) is 2. The molecular weight excluding hydrogens is 248 g/mol. The molecular formula is C13H24N2O4. The zero-order valence-electron chi connectivity index (χ0n) is 11.9. The lowest BCUT2D eigenvalue weighted by molar-refractivity contribution is -0.146. The maximum Gasteiger partial charge on any atom is 0.329 e. The van der Waals surface area contributed by atoms with Gasteiger partial charge in [-0.25, -0.2) is 9.59 Å². The number of urea groups is 1. The highest BCUT2D eigenvalue weighted by molar-refractivity contribution is 5.86. The molecule has 0 aromatic rings. The van der Waals surface area contributed by atoms with Gasteiger partial charge in [-0.3, -0.25) is 0 Å². The lowest BCUT2D eigenvalue weighted by Crippen LogP contribution is -2.59. The number of carboxylic acid groups (broad SMARTS) is 1. The summed E-state index contributed by atoms with van der Waals surface area (Å²) in [6.07, 6.45) is 2.51. The molecule has 1 saturated carbocycles. The maximum atomic E-state index is 11.8. The van der Waals surface area contributed by atoms with Crippen molar-refractivity contribution in [1.82, 2.24) is 10.6 Å². The Hall–Kier alpha value is -1.30. The van der Waals surface area contributed by atoms with E-state index >= 15 is 0 Å². The molecule has 110 valence electrons. The van der Waals surface area contributed by atoms with E-state index in [1.54, 1.807) is 7.11 Å². The highest BCUT2D eigenvalue weighted by atomic mass is 16.5. The summed E-state index contributed by atoms with van der Waals surface area (Å²) in [5.41, 5.74) is -1.12. The Balaban J connectivity index is 2.54. The molecule has 0 aliphatic heterocycles. The molecule has 0 aromatic carbocycles. The van der Waals surface area contributed by atoms with Crippen LogP contribution in [0.2, 0.25) is 0 Å². The first-order chi connectivity index (χ1) is 8.89. The fourth-order valence-electron chi connectivity index (χ4n) is 2.23. The van der Waals surface area contributed by atoms with Crippen LogP contribution < -0.4 is 10.6 Å². The molecule has 0 spiro atoms. The Morgan fingerprint density at radius 1 is 1.42 bits per heavy atom. The molecule has 0 aromatic heterocycles. The van der Waals surface area contributed by atoms with Crippen LogP contribution in [0, 0.1) is 5.92 Å². The second-order valence-corrected chi connectivity index (χ2v) is 5.45. The van der Waals surface area contributed by atoms with Crippen molar-refractivity contribution in [3.8, 4) is 0 Å². The second kappa shape index (κ2) is 6.75. The quantitative estimate of drug-likeness (QED) is 0.705. The highest BCUT2D eigenvalue weighted by Crippen LogP contribution is 2.32. The van der Waals surface area contributed by atoms with Crippen molar-refractivity contribution in [2.24, 2.45) is 5.92 Å². The van der Waals surface area contributed by atoms with E-state index in [1.165, 1.54) is 0 Å². The molecule has 0 bridgehead atoms. The van der Waals surface area contributed by atoms with Gasteiger partial charge in [0.1, 0.15) is 5.54 Å². The van der Waals surface area contributed by atoms with Crippen LogP contribution in [0.4, 0.5) is 4.79 Å². The topological polar surface area (TPSA) is 87.7 Å². The average molecular weight is 272 g/mol. The molecule has 1 rings (SSSR count). The monoisotopic (exact) mass is 272 g/mol. The highest BCUT2D eigenvalue weighted by Gasteiger charge is 2.42. The predicted octanol–water partition coefficient (Wildman–Crippen LogP) is 1.35. The SMILES string of the molecule is COC(C)CNC(=O)NC1(C(=O)O)CCC(C)CC1. The van der Waals surface area contributed by atoms with Gasteiger partial charge in [-0.15, -0.1) is 0 Å². The van der Waals surface area contributed by atoms with Crippen LogP contribution >= 0.6 is 0 Å².